The van der Waals surface area contributed by atoms with E-state index in [1.54, 1.807) is 6.21 Å². The molecular weight excluding hydrogens is 318 g/mol. The van der Waals surface area contributed by atoms with Gasteiger partial charge in [-0.2, -0.15) is 0 Å². The Morgan fingerprint density at radius 3 is 2.60 bits per heavy atom. The lowest BCUT2D eigenvalue weighted by Crippen LogP contribution is -2.34. The lowest BCUT2D eigenvalue weighted by atomic mass is 10.0. The van der Waals surface area contributed by atoms with Gasteiger partial charge in [0, 0.05) is 43.5 Å². The molecule has 2 aromatic rings. The largest absolute Gasteiger partial charge is 0.507 e. The fourth-order valence-electron chi connectivity index (χ4n) is 3.01. The van der Waals surface area contributed by atoms with Gasteiger partial charge in [-0.05, 0) is 24.5 Å². The van der Waals surface area contributed by atoms with E-state index in [1.165, 1.54) is 23.8 Å². The summed E-state index contributed by atoms with van der Waals surface area (Å²) in [6.45, 7) is 2.89. The van der Waals surface area contributed by atoms with Crippen molar-refractivity contribution in [2.75, 3.05) is 13.1 Å². The fourth-order valence-corrected chi connectivity index (χ4v) is 3.01. The molecule has 0 bridgehead atoms. The highest BCUT2D eigenvalue weighted by atomic mass is 16.6. The fraction of sp³-hybridized carbons (Fsp3) is 0.316. The van der Waals surface area contributed by atoms with Crippen LogP contribution in [0.15, 0.2) is 53.5 Å². The van der Waals surface area contributed by atoms with E-state index in [0.29, 0.717) is 5.56 Å². The molecule has 0 aromatic heterocycles. The summed E-state index contributed by atoms with van der Waals surface area (Å²) in [5.74, 6) is 0.0101. The summed E-state index contributed by atoms with van der Waals surface area (Å²) in [7, 11) is 0. The first-order valence-corrected chi connectivity index (χ1v) is 8.38. The molecule has 1 saturated heterocycles. The minimum atomic E-state index is -0.473. The van der Waals surface area contributed by atoms with Crippen LogP contribution in [0.2, 0.25) is 0 Å². The molecule has 6 nitrogen and oxygen atoms in total. The predicted molar refractivity (Wildman–Crippen MR) is 97.1 cm³/mol. The van der Waals surface area contributed by atoms with Crippen molar-refractivity contribution in [1.29, 1.82) is 0 Å². The molecule has 0 atom stereocenters. The first-order chi connectivity index (χ1) is 12.1. The van der Waals surface area contributed by atoms with Crippen molar-refractivity contribution in [3.8, 4) is 5.75 Å². The van der Waals surface area contributed by atoms with Gasteiger partial charge in [-0.25, -0.2) is 0 Å². The number of nitrogens with zero attached hydrogens (tertiary/aromatic N) is 3. The minimum absolute atomic E-state index is 0.0101. The standard InChI is InChI=1S/C19H21N3O3/c23-19-7-6-18(22(24)25)12-16(19)13-20-17-8-10-21(11-9-17)14-15-4-2-1-3-5-15/h1-7,12-13,17,23H,8-11,14H2. The van der Waals surface area contributed by atoms with Gasteiger partial charge >= 0.3 is 0 Å². The van der Waals surface area contributed by atoms with E-state index in [-0.39, 0.29) is 17.5 Å². The average Bonchev–Trinajstić information content (AvgIpc) is 2.63. The number of nitro groups is 1. The third kappa shape index (κ3) is 4.64. The maximum Gasteiger partial charge on any atom is 0.270 e. The molecule has 0 amide bonds. The van der Waals surface area contributed by atoms with E-state index in [2.05, 4.69) is 34.2 Å². The maximum absolute atomic E-state index is 10.8. The highest BCUT2D eigenvalue weighted by molar-refractivity contribution is 5.84. The lowest BCUT2D eigenvalue weighted by molar-refractivity contribution is -0.384. The Labute approximate surface area is 146 Å². The van der Waals surface area contributed by atoms with Crippen LogP contribution in [0.1, 0.15) is 24.0 Å². The number of nitro benzene ring substituents is 1. The minimum Gasteiger partial charge on any atom is -0.507 e. The van der Waals surface area contributed by atoms with E-state index in [0.717, 1.165) is 32.5 Å². The Hall–Kier alpha value is -2.73. The van der Waals surface area contributed by atoms with Crippen LogP contribution in [0.25, 0.3) is 0 Å². The second-order valence-corrected chi connectivity index (χ2v) is 6.27. The van der Waals surface area contributed by atoms with Crippen molar-refractivity contribution in [2.24, 2.45) is 4.99 Å². The number of non-ortho nitro benzene ring substituents is 1. The van der Waals surface area contributed by atoms with Gasteiger partial charge < -0.3 is 5.11 Å². The normalized spacial score (nSPS) is 16.3. The monoisotopic (exact) mass is 339 g/mol. The first kappa shape index (κ1) is 17.1. The zero-order valence-electron chi connectivity index (χ0n) is 13.9. The van der Waals surface area contributed by atoms with Gasteiger partial charge in [-0.15, -0.1) is 0 Å². The van der Waals surface area contributed by atoms with Crippen molar-refractivity contribution in [2.45, 2.75) is 25.4 Å². The molecule has 6 heteroatoms. The van der Waals surface area contributed by atoms with Crippen LogP contribution < -0.4 is 0 Å². The number of rotatable bonds is 5. The molecule has 2 aromatic carbocycles. The number of phenolic OH excluding ortho intramolecular Hbond substituents is 1. The summed E-state index contributed by atoms with van der Waals surface area (Å²) < 4.78 is 0. The van der Waals surface area contributed by atoms with Crippen molar-refractivity contribution >= 4 is 11.9 Å². The van der Waals surface area contributed by atoms with Crippen LogP contribution in [-0.2, 0) is 6.54 Å². The third-order valence-corrected chi connectivity index (χ3v) is 4.45. The molecule has 3 rings (SSSR count). The van der Waals surface area contributed by atoms with Gasteiger partial charge in [-0.1, -0.05) is 30.3 Å². The highest BCUT2D eigenvalue weighted by Gasteiger charge is 2.18. The molecule has 25 heavy (non-hydrogen) atoms. The average molecular weight is 339 g/mol. The number of hydrogen-bond acceptors (Lipinski definition) is 5. The number of aromatic hydroxyl groups is 1. The zero-order chi connectivity index (χ0) is 17.6. The Kier molecular flexibility index (Phi) is 5.40. The second kappa shape index (κ2) is 7.90. The molecule has 1 N–H and O–H groups in total. The molecule has 1 aliphatic heterocycles. The number of piperidine rings is 1. The van der Waals surface area contributed by atoms with Crippen molar-refractivity contribution in [3.63, 3.8) is 0 Å². The number of aliphatic imine (C=N–C) groups is 1. The molecule has 0 saturated carbocycles. The molecule has 0 unspecified atom stereocenters. The molecule has 1 aliphatic rings. The van der Waals surface area contributed by atoms with E-state index < -0.39 is 4.92 Å². The molecule has 0 spiro atoms. The van der Waals surface area contributed by atoms with Gasteiger partial charge in [-0.3, -0.25) is 20.0 Å². The molecule has 1 heterocycles. The second-order valence-electron chi connectivity index (χ2n) is 6.27. The van der Waals surface area contributed by atoms with E-state index in [4.69, 9.17) is 0 Å². The van der Waals surface area contributed by atoms with Crippen LogP contribution in [0.4, 0.5) is 5.69 Å². The summed E-state index contributed by atoms with van der Waals surface area (Å²) in [5, 5.41) is 20.7. The Morgan fingerprint density at radius 2 is 1.92 bits per heavy atom. The van der Waals surface area contributed by atoms with Gasteiger partial charge in [0.2, 0.25) is 0 Å². The van der Waals surface area contributed by atoms with Gasteiger partial charge in [0.05, 0.1) is 11.0 Å². The molecule has 0 radical (unpaired) electrons. The van der Waals surface area contributed by atoms with E-state index in [9.17, 15) is 15.2 Å². The third-order valence-electron chi connectivity index (χ3n) is 4.45. The van der Waals surface area contributed by atoms with Gasteiger partial charge in [0.15, 0.2) is 0 Å². The highest BCUT2D eigenvalue weighted by Crippen LogP contribution is 2.22. The zero-order valence-corrected chi connectivity index (χ0v) is 13.9. The molecule has 1 fully saturated rings. The van der Waals surface area contributed by atoms with E-state index >= 15 is 0 Å². The number of phenols is 1. The molecule has 130 valence electrons. The van der Waals surface area contributed by atoms with Crippen molar-refractivity contribution in [1.82, 2.24) is 4.90 Å². The van der Waals surface area contributed by atoms with Crippen LogP contribution in [0.5, 0.6) is 5.75 Å². The van der Waals surface area contributed by atoms with Crippen LogP contribution >= 0.6 is 0 Å². The number of benzene rings is 2. The lowest BCUT2D eigenvalue weighted by Gasteiger charge is -2.30. The molecule has 0 aliphatic carbocycles. The van der Waals surface area contributed by atoms with Crippen LogP contribution in [0, 0.1) is 10.1 Å². The molecular formula is C19H21N3O3. The summed E-state index contributed by atoms with van der Waals surface area (Å²) in [6, 6.07) is 14.6. The predicted octanol–water partition coefficient (Wildman–Crippen LogP) is 3.38. The number of likely N-dealkylation sites (tertiary alicyclic amines) is 1. The van der Waals surface area contributed by atoms with Gasteiger partial charge in [0.25, 0.3) is 5.69 Å². The first-order valence-electron chi connectivity index (χ1n) is 8.38. The van der Waals surface area contributed by atoms with Gasteiger partial charge in [0.1, 0.15) is 5.75 Å². The number of hydrogen-bond donors (Lipinski definition) is 1. The van der Waals surface area contributed by atoms with Crippen LogP contribution in [-0.4, -0.2) is 40.3 Å². The Morgan fingerprint density at radius 1 is 1.20 bits per heavy atom. The van der Waals surface area contributed by atoms with E-state index in [1.807, 2.05) is 6.07 Å². The quantitative estimate of drug-likeness (QED) is 0.514. The van der Waals surface area contributed by atoms with Crippen molar-refractivity contribution < 1.29 is 10.0 Å². The summed E-state index contributed by atoms with van der Waals surface area (Å²) in [5.41, 5.74) is 1.66. The Bertz CT molecular complexity index is 754. The SMILES string of the molecule is O=[N+]([O-])c1ccc(O)c(C=NC2CCN(Cc3ccccc3)CC2)c1. The maximum atomic E-state index is 10.8. The van der Waals surface area contributed by atoms with Crippen molar-refractivity contribution in [3.05, 3.63) is 69.8 Å². The topological polar surface area (TPSA) is 79.0 Å². The Balaban J connectivity index is 1.56. The summed E-state index contributed by atoms with van der Waals surface area (Å²) in [6.07, 6.45) is 3.44. The van der Waals surface area contributed by atoms with Crippen LogP contribution in [0.3, 0.4) is 0 Å². The smallest absolute Gasteiger partial charge is 0.270 e. The summed E-state index contributed by atoms with van der Waals surface area (Å²) in [4.78, 5) is 17.3. The summed E-state index contributed by atoms with van der Waals surface area (Å²) >= 11 is 0.